The van der Waals surface area contributed by atoms with Crippen LogP contribution in [0.25, 0.3) is 133 Å². The Labute approximate surface area is 555 Å². The maximum atomic E-state index is 6.59. The summed E-state index contributed by atoms with van der Waals surface area (Å²) >= 11 is 0. The van der Waals surface area contributed by atoms with Crippen LogP contribution in [0.2, 0.25) is 0 Å². The zero-order chi connectivity index (χ0) is 63.0. The summed E-state index contributed by atoms with van der Waals surface area (Å²) in [6.45, 7) is -0.285. The van der Waals surface area contributed by atoms with Crippen molar-refractivity contribution in [3.8, 4) is 67.0 Å². The number of aromatic nitrogens is 2. The van der Waals surface area contributed by atoms with Crippen LogP contribution < -0.4 is 26.2 Å². The van der Waals surface area contributed by atoms with Gasteiger partial charge in [0.15, 0.2) is 0 Å². The van der Waals surface area contributed by atoms with Crippen molar-refractivity contribution < 1.29 is 4.42 Å². The summed E-state index contributed by atoms with van der Waals surface area (Å²) < 4.78 is 11.6. The van der Waals surface area contributed by atoms with Crippen molar-refractivity contribution in [1.82, 2.24) is 9.13 Å². The monoisotopic (exact) mass is 1220 g/mol. The summed E-state index contributed by atoms with van der Waals surface area (Å²) in [6.07, 6.45) is 0. The van der Waals surface area contributed by atoms with E-state index in [1.54, 1.807) is 0 Å². The topological polar surface area (TPSA) is 29.5 Å². The Kier molecular flexibility index (Phi) is 12.1. The highest BCUT2D eigenvalue weighted by atomic mass is 16.3. The van der Waals surface area contributed by atoms with E-state index in [1.165, 1.54) is 37.9 Å². The van der Waals surface area contributed by atoms with E-state index in [1.807, 2.05) is 0 Å². The Morgan fingerprint density at radius 1 is 0.219 bits per heavy atom. The molecular formula is C90H57BN4O. The number of hydrogen-bond donors (Lipinski definition) is 0. The molecule has 2 aliphatic rings. The molecule has 18 aromatic rings. The molecule has 0 spiro atoms. The fourth-order valence-electron chi connectivity index (χ4n) is 16.0. The lowest BCUT2D eigenvalue weighted by Crippen LogP contribution is -2.61. The van der Waals surface area contributed by atoms with Crippen LogP contribution in [-0.2, 0) is 0 Å². The van der Waals surface area contributed by atoms with Gasteiger partial charge in [-0.05, 0) is 176 Å². The molecule has 0 bridgehead atoms. The van der Waals surface area contributed by atoms with Gasteiger partial charge in [0.05, 0.1) is 33.4 Å². The van der Waals surface area contributed by atoms with Crippen LogP contribution in [0.5, 0.6) is 0 Å². The van der Waals surface area contributed by atoms with Crippen molar-refractivity contribution in [2.24, 2.45) is 0 Å². The van der Waals surface area contributed by atoms with Crippen molar-refractivity contribution in [3.63, 3.8) is 0 Å². The maximum absolute atomic E-state index is 6.59. The molecule has 20 rings (SSSR count). The van der Waals surface area contributed by atoms with E-state index in [2.05, 4.69) is 365 Å². The molecule has 0 saturated carbocycles. The number of rotatable bonds is 9. The van der Waals surface area contributed by atoms with Crippen LogP contribution in [0.1, 0.15) is 0 Å². The van der Waals surface area contributed by atoms with Gasteiger partial charge < -0.3 is 23.4 Å². The molecule has 3 aromatic heterocycles. The molecule has 2 aliphatic heterocycles. The van der Waals surface area contributed by atoms with Gasteiger partial charge in [0, 0.05) is 77.6 Å². The van der Waals surface area contributed by atoms with E-state index in [0.29, 0.717) is 0 Å². The third kappa shape index (κ3) is 8.32. The van der Waals surface area contributed by atoms with Gasteiger partial charge in [-0.15, -0.1) is 0 Å². The molecule has 0 fully saturated rings. The first-order chi connectivity index (χ1) is 47.6. The van der Waals surface area contributed by atoms with Gasteiger partial charge in [0.1, 0.15) is 11.2 Å². The lowest BCUT2D eigenvalue weighted by Gasteiger charge is -2.45. The molecule has 96 heavy (non-hydrogen) atoms. The first-order valence-electron chi connectivity index (χ1n) is 33.1. The summed E-state index contributed by atoms with van der Waals surface area (Å²) in [5.41, 5.74) is 30.2. The molecule has 0 unspecified atom stereocenters. The lowest BCUT2D eigenvalue weighted by molar-refractivity contribution is 0.669. The van der Waals surface area contributed by atoms with Crippen molar-refractivity contribution in [2.45, 2.75) is 0 Å². The molecule has 0 atom stereocenters. The number of furan rings is 1. The largest absolute Gasteiger partial charge is 0.456 e. The van der Waals surface area contributed by atoms with E-state index in [-0.39, 0.29) is 6.71 Å². The number of nitrogens with zero attached hydrogens (tertiary/aromatic N) is 4. The standard InChI is InChI=1S/C90H57BN4O/c1-7-25-58(26-8-1)62-43-46-80(71(49-62)60-29-11-3-12-30-60)94-84-54-73-68-37-19-22-40-78(68)92(66-33-15-5-16-34-66)82(73)56-76(84)91-77-57-83-74(69-38-20-23-41-79(69)93(83)67-35-17-6-18-36-67)55-85(77)95(81-47-44-63(59-27-9-2-10-28-59)50-72(81)61-31-13-4-14-32-61)87-53-65(52-86(94)90(87)91)64-45-48-89-75(51-64)70-39-21-24-42-88(70)96-89/h1-57H. The highest BCUT2D eigenvalue weighted by molar-refractivity contribution is 7.00. The van der Waals surface area contributed by atoms with Crippen LogP contribution in [0.4, 0.5) is 34.1 Å². The fraction of sp³-hybridized carbons (Fsp3) is 0. The van der Waals surface area contributed by atoms with Crippen LogP contribution in [0, 0.1) is 0 Å². The summed E-state index contributed by atoms with van der Waals surface area (Å²) in [6, 6.07) is 128. The van der Waals surface area contributed by atoms with E-state index < -0.39 is 0 Å². The predicted molar refractivity (Wildman–Crippen MR) is 404 cm³/mol. The van der Waals surface area contributed by atoms with Crippen LogP contribution >= 0.6 is 0 Å². The van der Waals surface area contributed by atoms with Gasteiger partial charge in [-0.2, -0.15) is 0 Å². The minimum Gasteiger partial charge on any atom is -0.456 e. The zero-order valence-corrected chi connectivity index (χ0v) is 52.2. The van der Waals surface area contributed by atoms with Gasteiger partial charge in [0.2, 0.25) is 0 Å². The molecule has 0 amide bonds. The molecule has 5 heterocycles. The van der Waals surface area contributed by atoms with Crippen LogP contribution in [-0.4, -0.2) is 15.8 Å². The third-order valence-electron chi connectivity index (χ3n) is 20.3. The van der Waals surface area contributed by atoms with Gasteiger partial charge in [-0.1, -0.05) is 231 Å². The second-order valence-electron chi connectivity index (χ2n) is 25.5. The highest BCUT2D eigenvalue weighted by Gasteiger charge is 2.46. The summed E-state index contributed by atoms with van der Waals surface area (Å²) in [5.74, 6) is 0. The number of fused-ring (bicyclic) bond motifs is 13. The number of hydrogen-bond acceptors (Lipinski definition) is 3. The van der Waals surface area contributed by atoms with Crippen LogP contribution in [0.3, 0.4) is 0 Å². The van der Waals surface area contributed by atoms with Gasteiger partial charge in [-0.25, -0.2) is 0 Å². The Hall–Kier alpha value is -12.6. The second kappa shape index (κ2) is 21.5. The quantitative estimate of drug-likeness (QED) is 0.135. The van der Waals surface area contributed by atoms with Crippen molar-refractivity contribution in [1.29, 1.82) is 0 Å². The normalized spacial score (nSPS) is 12.5. The lowest BCUT2D eigenvalue weighted by atomic mass is 9.33. The van der Waals surface area contributed by atoms with Gasteiger partial charge in [-0.3, -0.25) is 0 Å². The molecule has 0 N–H and O–H groups in total. The number of anilines is 6. The summed E-state index contributed by atoms with van der Waals surface area (Å²) in [7, 11) is 0. The van der Waals surface area contributed by atoms with E-state index in [9.17, 15) is 0 Å². The highest BCUT2D eigenvalue weighted by Crippen LogP contribution is 2.53. The first kappa shape index (κ1) is 54.0. The molecule has 0 saturated heterocycles. The average molecular weight is 1220 g/mol. The molecule has 0 aliphatic carbocycles. The van der Waals surface area contributed by atoms with Crippen molar-refractivity contribution in [3.05, 3.63) is 346 Å². The van der Waals surface area contributed by atoms with E-state index in [0.717, 1.165) is 145 Å². The Morgan fingerprint density at radius 3 is 1.08 bits per heavy atom. The SMILES string of the molecule is c1ccc(-c2ccc(N3c4cc5c6ccccc6n(-c6ccccc6)c5cc4B4c5cc6c(cc5N(c5ccc(-c7ccccc7)cc5-c5ccccc5)c5cc(-c7ccc8oc9ccccc9c8c7)cc3c54)c3ccccc3n6-c3ccccc3)c(-c3ccccc3)c2)cc1. The smallest absolute Gasteiger partial charge is 0.252 e. The number of benzene rings is 15. The molecule has 6 heteroatoms. The summed E-state index contributed by atoms with van der Waals surface area (Å²) in [4.78, 5) is 5.29. The zero-order valence-electron chi connectivity index (χ0n) is 52.2. The van der Waals surface area contributed by atoms with E-state index >= 15 is 0 Å². The third-order valence-corrected chi connectivity index (χ3v) is 20.3. The van der Waals surface area contributed by atoms with Crippen molar-refractivity contribution >= 4 is 123 Å². The number of para-hydroxylation sites is 5. The minimum absolute atomic E-state index is 0.285. The maximum Gasteiger partial charge on any atom is 0.252 e. The Balaban J connectivity index is 0.979. The second-order valence-corrected chi connectivity index (χ2v) is 25.5. The van der Waals surface area contributed by atoms with Gasteiger partial charge >= 0.3 is 0 Å². The molecule has 5 nitrogen and oxygen atoms in total. The van der Waals surface area contributed by atoms with E-state index in [4.69, 9.17) is 4.42 Å². The first-order valence-corrected chi connectivity index (χ1v) is 33.1. The Bertz CT molecular complexity index is 5820. The Morgan fingerprint density at radius 2 is 0.604 bits per heavy atom. The van der Waals surface area contributed by atoms with Gasteiger partial charge in [0.25, 0.3) is 6.71 Å². The van der Waals surface area contributed by atoms with Crippen LogP contribution in [0.15, 0.2) is 350 Å². The average Bonchev–Trinajstić information content (AvgIpc) is 1.05. The fourth-order valence-corrected chi connectivity index (χ4v) is 16.0. The molecule has 15 aromatic carbocycles. The minimum atomic E-state index is -0.285. The molecule has 446 valence electrons. The van der Waals surface area contributed by atoms with Crippen molar-refractivity contribution in [2.75, 3.05) is 9.80 Å². The predicted octanol–water partition coefficient (Wildman–Crippen LogP) is 22.2. The molecule has 0 radical (unpaired) electrons. The summed E-state index contributed by atoms with van der Waals surface area (Å²) in [5, 5.41) is 6.92. The molecular weight excluding hydrogens is 1160 g/mol.